The molecule has 11 aromatic rings. The van der Waals surface area contributed by atoms with Gasteiger partial charge in [0.25, 0.3) is 0 Å². The maximum Gasteiger partial charge on any atom is 0.0892 e. The molecule has 13 rings (SSSR count). The predicted octanol–water partition coefficient (Wildman–Crippen LogP) is 15.4. The van der Waals surface area contributed by atoms with E-state index in [2.05, 4.69) is 162 Å². The van der Waals surface area contributed by atoms with E-state index in [1.807, 2.05) is 48.8 Å². The number of fused-ring (bicyclic) bond motifs is 11. The van der Waals surface area contributed by atoms with E-state index in [1.54, 1.807) is 6.20 Å². The van der Waals surface area contributed by atoms with Gasteiger partial charge in [0.05, 0.1) is 22.8 Å². The minimum absolute atomic E-state index is 0.731. The van der Waals surface area contributed by atoms with E-state index in [9.17, 15) is 0 Å². The van der Waals surface area contributed by atoms with Crippen molar-refractivity contribution in [1.29, 1.82) is 0 Å². The van der Waals surface area contributed by atoms with Gasteiger partial charge in [0.2, 0.25) is 0 Å². The molecule has 0 fully saturated rings. The Kier molecular flexibility index (Phi) is 7.64. The second-order valence-electron chi connectivity index (χ2n) is 16.5. The van der Waals surface area contributed by atoms with Gasteiger partial charge in [0.15, 0.2) is 0 Å². The smallest absolute Gasteiger partial charge is 0.0892 e. The molecule has 8 aromatic carbocycles. The number of hydrogen-bond donors (Lipinski definition) is 0. The molecule has 0 atom stereocenters. The largest absolute Gasteiger partial charge is 0.262 e. The van der Waals surface area contributed by atoms with E-state index >= 15 is 0 Å². The fourth-order valence-electron chi connectivity index (χ4n) is 10.7. The summed E-state index contributed by atoms with van der Waals surface area (Å²) in [6.07, 6.45) is 9.93. The molecule has 4 nitrogen and oxygen atoms in total. The Hall–Kier alpha value is -8.34. The molecule has 0 saturated carbocycles. The van der Waals surface area contributed by atoms with Gasteiger partial charge in [0.1, 0.15) is 0 Å². The van der Waals surface area contributed by atoms with Crippen LogP contribution < -0.4 is 0 Å². The highest BCUT2D eigenvalue weighted by Gasteiger charge is 2.30. The normalized spacial score (nSPS) is 12.8. The van der Waals surface area contributed by atoms with Crippen LogP contribution in [0.4, 0.5) is 0 Å². The third-order valence-electron chi connectivity index (χ3n) is 13.3. The molecule has 0 saturated heterocycles. The zero-order valence-electron chi connectivity index (χ0n) is 34.4. The van der Waals surface area contributed by atoms with Crippen molar-refractivity contribution in [2.45, 2.75) is 6.92 Å². The highest BCUT2D eigenvalue weighted by atomic mass is 14.8. The number of allylic oxidation sites excluding steroid dienone is 3. The van der Waals surface area contributed by atoms with Crippen molar-refractivity contribution in [3.63, 3.8) is 0 Å². The Morgan fingerprint density at radius 2 is 1.05 bits per heavy atom. The van der Waals surface area contributed by atoms with Crippen LogP contribution in [-0.4, -0.2) is 21.7 Å². The van der Waals surface area contributed by atoms with Crippen molar-refractivity contribution in [2.24, 2.45) is 4.99 Å². The molecule has 0 N–H and O–H groups in total. The summed E-state index contributed by atoms with van der Waals surface area (Å²) in [6.45, 7) is 6.11. The van der Waals surface area contributed by atoms with Crippen LogP contribution in [0.15, 0.2) is 193 Å². The maximum absolute atomic E-state index is 4.81. The number of nitrogens with zero attached hydrogens (tertiary/aromatic N) is 4. The first kappa shape index (κ1) is 35.4. The van der Waals surface area contributed by atoms with Crippen molar-refractivity contribution >= 4 is 71.8 Å². The lowest BCUT2D eigenvalue weighted by Gasteiger charge is -2.20. The SMILES string of the molecule is C=N/C(=C\C(=C/C)c1c2c(cc3c1ccc1c4cc5c(c(-c6ccnc(-c7ccccn7)c6)c4ccc31)-c1cccc3cccc-5c13)-c1cccc3cccc-2c13)c1ccccn1. The Labute approximate surface area is 363 Å². The third-order valence-corrected chi connectivity index (χ3v) is 13.3. The summed E-state index contributed by atoms with van der Waals surface area (Å²) in [5.74, 6) is 0. The van der Waals surface area contributed by atoms with E-state index in [0.717, 1.165) is 33.9 Å². The molecule has 0 aliphatic heterocycles. The number of benzene rings is 8. The molecule has 0 unspecified atom stereocenters. The summed E-state index contributed by atoms with van der Waals surface area (Å²) in [7, 11) is 0. The van der Waals surface area contributed by atoms with Crippen LogP contribution in [0, 0.1) is 0 Å². The molecule has 3 aromatic heterocycles. The Morgan fingerprint density at radius 1 is 0.460 bits per heavy atom. The van der Waals surface area contributed by atoms with Gasteiger partial charge in [-0.1, -0.05) is 115 Å². The van der Waals surface area contributed by atoms with Gasteiger partial charge < -0.3 is 0 Å². The molecule has 2 aliphatic rings. The van der Waals surface area contributed by atoms with Gasteiger partial charge in [-0.2, -0.15) is 0 Å². The highest BCUT2D eigenvalue weighted by Crippen LogP contribution is 2.56. The minimum Gasteiger partial charge on any atom is -0.262 e. The summed E-state index contributed by atoms with van der Waals surface area (Å²) in [4.78, 5) is 18.7. The third kappa shape index (κ3) is 5.09. The molecular weight excluding hydrogens is 765 g/mol. The molecular formula is C59H36N4. The van der Waals surface area contributed by atoms with E-state index in [4.69, 9.17) is 4.98 Å². The lowest BCUT2D eigenvalue weighted by molar-refractivity contribution is 1.25. The second-order valence-corrected chi connectivity index (χ2v) is 16.5. The Balaban J connectivity index is 1.14. The average molecular weight is 801 g/mol. The molecule has 63 heavy (non-hydrogen) atoms. The fourth-order valence-corrected chi connectivity index (χ4v) is 10.7. The first-order valence-electron chi connectivity index (χ1n) is 21.4. The molecule has 0 amide bonds. The van der Waals surface area contributed by atoms with Crippen molar-refractivity contribution in [1.82, 2.24) is 15.0 Å². The van der Waals surface area contributed by atoms with Gasteiger partial charge in [0, 0.05) is 18.6 Å². The van der Waals surface area contributed by atoms with Crippen molar-refractivity contribution in [2.75, 3.05) is 0 Å². The summed E-state index contributed by atoms with van der Waals surface area (Å²) in [5, 5.41) is 12.3. The number of pyridine rings is 3. The van der Waals surface area contributed by atoms with Gasteiger partial charge in [-0.15, -0.1) is 0 Å². The monoisotopic (exact) mass is 800 g/mol. The summed E-state index contributed by atoms with van der Waals surface area (Å²) >= 11 is 0. The van der Waals surface area contributed by atoms with Gasteiger partial charge in [-0.25, -0.2) is 0 Å². The number of hydrogen-bond acceptors (Lipinski definition) is 4. The molecule has 0 spiro atoms. The first-order chi connectivity index (χ1) is 31.2. The van der Waals surface area contributed by atoms with E-state index < -0.39 is 0 Å². The van der Waals surface area contributed by atoms with Crippen molar-refractivity contribution < 1.29 is 0 Å². The van der Waals surface area contributed by atoms with Gasteiger partial charge in [-0.3, -0.25) is 19.9 Å². The summed E-state index contributed by atoms with van der Waals surface area (Å²) < 4.78 is 0. The molecule has 0 radical (unpaired) electrons. The standard InChI is InChI=1S/C59H36N4/c1-3-34(30-52(60-2)50-20-4-6-27-61-50)56-42-24-22-39-38(46(42)32-48-40-16-8-12-35-14-10-18-44(54(35)40)58(48)56)23-25-43-47(39)33-49-41-17-9-13-36-15-11-19-45(55(36)41)59(49)57(43)37-26-29-63-53(31-37)51-21-5-7-28-62-51/h3-33H,2H2,1H3/b34-3+,52-30-. The van der Waals surface area contributed by atoms with E-state index in [0.29, 0.717) is 0 Å². The van der Waals surface area contributed by atoms with Crippen LogP contribution in [0.3, 0.4) is 0 Å². The predicted molar refractivity (Wildman–Crippen MR) is 265 cm³/mol. The zero-order chi connectivity index (χ0) is 41.8. The quantitative estimate of drug-likeness (QED) is 0.0956. The van der Waals surface area contributed by atoms with Crippen LogP contribution in [0.1, 0.15) is 18.2 Å². The van der Waals surface area contributed by atoms with Crippen LogP contribution in [0.25, 0.3) is 132 Å². The number of aromatic nitrogens is 3. The number of aliphatic imine (C=N–C) groups is 1. The Bertz CT molecular complexity index is 3850. The lowest BCUT2D eigenvalue weighted by atomic mass is 9.83. The zero-order valence-corrected chi connectivity index (χ0v) is 34.4. The molecule has 3 heterocycles. The molecule has 2 aliphatic carbocycles. The van der Waals surface area contributed by atoms with Crippen molar-refractivity contribution in [3.8, 4) is 67.0 Å². The molecule has 0 bridgehead atoms. The van der Waals surface area contributed by atoms with E-state index in [-0.39, 0.29) is 0 Å². The topological polar surface area (TPSA) is 51.0 Å². The van der Waals surface area contributed by atoms with Gasteiger partial charge in [-0.05, 0) is 189 Å². The minimum atomic E-state index is 0.731. The summed E-state index contributed by atoms with van der Waals surface area (Å²) in [5.41, 5.74) is 17.9. The van der Waals surface area contributed by atoms with Crippen LogP contribution in [0.2, 0.25) is 0 Å². The van der Waals surface area contributed by atoms with Gasteiger partial charge >= 0.3 is 0 Å². The highest BCUT2D eigenvalue weighted by molar-refractivity contribution is 6.29. The van der Waals surface area contributed by atoms with Crippen LogP contribution >= 0.6 is 0 Å². The fraction of sp³-hybridized carbons (Fsp3) is 0.0169. The van der Waals surface area contributed by atoms with Crippen LogP contribution in [0.5, 0.6) is 0 Å². The number of rotatable bonds is 6. The second kappa shape index (κ2) is 13.6. The molecule has 4 heteroatoms. The van der Waals surface area contributed by atoms with Crippen molar-refractivity contribution in [3.05, 3.63) is 200 Å². The molecule has 292 valence electrons. The van der Waals surface area contributed by atoms with E-state index in [1.165, 1.54) is 109 Å². The maximum atomic E-state index is 4.81. The lowest BCUT2D eigenvalue weighted by Crippen LogP contribution is -1.95. The first-order valence-corrected chi connectivity index (χ1v) is 21.4. The Morgan fingerprint density at radius 3 is 1.68 bits per heavy atom. The average Bonchev–Trinajstić information content (AvgIpc) is 3.85. The summed E-state index contributed by atoms with van der Waals surface area (Å²) in [6, 6.07) is 57.4. The van der Waals surface area contributed by atoms with Crippen LogP contribution in [-0.2, 0) is 0 Å².